The second-order valence-corrected chi connectivity index (χ2v) is 4.82. The Kier molecular flexibility index (Phi) is 5.27. The Hall–Kier alpha value is -1.95. The average molecular weight is 311 g/mol. The van der Waals surface area contributed by atoms with Gasteiger partial charge in [-0.05, 0) is 24.1 Å². The summed E-state index contributed by atoms with van der Waals surface area (Å²) in [6.07, 6.45) is 0.837. The highest BCUT2D eigenvalue weighted by Crippen LogP contribution is 2.17. The normalized spacial score (nSPS) is 10.5. The Morgan fingerprint density at radius 2 is 2.00 bits per heavy atom. The average Bonchev–Trinajstić information content (AvgIpc) is 2.47. The van der Waals surface area contributed by atoms with Crippen LogP contribution in [0.3, 0.4) is 0 Å². The maximum Gasteiger partial charge on any atom is 0.322 e. The summed E-state index contributed by atoms with van der Waals surface area (Å²) in [5.41, 5.74) is 0.549. The van der Waals surface area contributed by atoms with Crippen molar-refractivity contribution in [1.29, 1.82) is 0 Å². The summed E-state index contributed by atoms with van der Waals surface area (Å²) in [5, 5.41) is 0.0477. The van der Waals surface area contributed by atoms with Crippen molar-refractivity contribution in [1.82, 2.24) is 15.0 Å². The van der Waals surface area contributed by atoms with E-state index in [4.69, 9.17) is 16.3 Å². The van der Waals surface area contributed by atoms with E-state index in [9.17, 15) is 4.39 Å². The minimum absolute atomic E-state index is 0.0477. The van der Waals surface area contributed by atoms with Gasteiger partial charge in [0, 0.05) is 19.2 Å². The summed E-state index contributed by atoms with van der Waals surface area (Å²) >= 11 is 5.86. The van der Waals surface area contributed by atoms with E-state index in [0.29, 0.717) is 24.7 Å². The van der Waals surface area contributed by atoms with Gasteiger partial charge in [-0.25, -0.2) is 4.39 Å². The van der Waals surface area contributed by atoms with Crippen LogP contribution in [-0.4, -0.2) is 28.6 Å². The molecule has 0 saturated carbocycles. The third-order valence-electron chi connectivity index (χ3n) is 2.72. The summed E-state index contributed by atoms with van der Waals surface area (Å²) in [6.45, 7) is 2.80. The van der Waals surface area contributed by atoms with Crippen molar-refractivity contribution >= 4 is 17.5 Å². The fourth-order valence-electron chi connectivity index (χ4n) is 1.70. The van der Waals surface area contributed by atoms with Gasteiger partial charge in [-0.3, -0.25) is 0 Å². The van der Waals surface area contributed by atoms with E-state index < -0.39 is 0 Å². The molecule has 2 aromatic rings. The predicted molar refractivity (Wildman–Crippen MR) is 79.1 cm³/mol. The first-order chi connectivity index (χ1) is 10.1. The highest BCUT2D eigenvalue weighted by Gasteiger charge is 2.12. The molecule has 0 N–H and O–H groups in total. The molecule has 21 heavy (non-hydrogen) atoms. The number of anilines is 1. The van der Waals surface area contributed by atoms with Crippen LogP contribution in [0.1, 0.15) is 18.9 Å². The van der Waals surface area contributed by atoms with Crippen LogP contribution in [-0.2, 0) is 6.54 Å². The van der Waals surface area contributed by atoms with Crippen LogP contribution in [0.5, 0.6) is 6.01 Å². The summed E-state index contributed by atoms with van der Waals surface area (Å²) in [5.74, 6) is 0.0660. The van der Waals surface area contributed by atoms with Crippen molar-refractivity contribution in [3.63, 3.8) is 0 Å². The number of halogens is 2. The topological polar surface area (TPSA) is 51.1 Å². The zero-order chi connectivity index (χ0) is 15.2. The lowest BCUT2D eigenvalue weighted by molar-refractivity contribution is 0.291. The van der Waals surface area contributed by atoms with Crippen molar-refractivity contribution in [3.8, 4) is 6.01 Å². The van der Waals surface area contributed by atoms with Gasteiger partial charge in [0.05, 0.1) is 6.61 Å². The van der Waals surface area contributed by atoms with Crippen LogP contribution in [0.25, 0.3) is 0 Å². The largest absolute Gasteiger partial charge is 0.463 e. The number of nitrogens with zero attached hydrogens (tertiary/aromatic N) is 4. The first kappa shape index (κ1) is 15.4. The second-order valence-electron chi connectivity index (χ2n) is 4.48. The quantitative estimate of drug-likeness (QED) is 0.820. The van der Waals surface area contributed by atoms with Crippen molar-refractivity contribution in [2.45, 2.75) is 19.9 Å². The van der Waals surface area contributed by atoms with Gasteiger partial charge in [0.25, 0.3) is 0 Å². The van der Waals surface area contributed by atoms with Gasteiger partial charge in [0.15, 0.2) is 0 Å². The SMILES string of the molecule is CCCOc1nc(Cl)nc(N(C)Cc2ccccc2F)n1. The Morgan fingerprint density at radius 3 is 2.71 bits per heavy atom. The zero-order valence-corrected chi connectivity index (χ0v) is 12.6. The lowest BCUT2D eigenvalue weighted by atomic mass is 10.2. The van der Waals surface area contributed by atoms with Gasteiger partial charge < -0.3 is 9.64 Å². The molecule has 112 valence electrons. The van der Waals surface area contributed by atoms with E-state index in [1.165, 1.54) is 6.07 Å². The molecule has 0 aliphatic heterocycles. The van der Waals surface area contributed by atoms with Crippen LogP contribution in [0, 0.1) is 5.82 Å². The summed E-state index contributed by atoms with van der Waals surface area (Å²) in [6, 6.07) is 6.73. The zero-order valence-electron chi connectivity index (χ0n) is 11.9. The van der Waals surface area contributed by atoms with Crippen LogP contribution in [0.2, 0.25) is 5.28 Å². The molecule has 0 aliphatic rings. The maximum atomic E-state index is 13.7. The second kappa shape index (κ2) is 7.17. The highest BCUT2D eigenvalue weighted by atomic mass is 35.5. The summed E-state index contributed by atoms with van der Waals surface area (Å²) in [4.78, 5) is 13.8. The van der Waals surface area contributed by atoms with Crippen LogP contribution in [0.4, 0.5) is 10.3 Å². The minimum Gasteiger partial charge on any atom is -0.463 e. The predicted octanol–water partition coefficient (Wildman–Crippen LogP) is 3.09. The Balaban J connectivity index is 2.16. The van der Waals surface area contributed by atoms with E-state index in [-0.39, 0.29) is 17.1 Å². The number of aromatic nitrogens is 3. The maximum absolute atomic E-state index is 13.7. The Labute approximate surface area is 127 Å². The van der Waals surface area contributed by atoms with Gasteiger partial charge in [-0.2, -0.15) is 15.0 Å². The number of benzene rings is 1. The van der Waals surface area contributed by atoms with Gasteiger partial charge in [0.1, 0.15) is 5.82 Å². The fraction of sp³-hybridized carbons (Fsp3) is 0.357. The smallest absolute Gasteiger partial charge is 0.322 e. The number of hydrogen-bond donors (Lipinski definition) is 0. The van der Waals surface area contributed by atoms with E-state index in [2.05, 4.69) is 15.0 Å². The number of hydrogen-bond acceptors (Lipinski definition) is 5. The number of ether oxygens (including phenoxy) is 1. The molecule has 0 spiro atoms. The molecule has 1 aromatic carbocycles. The lowest BCUT2D eigenvalue weighted by Gasteiger charge is -2.17. The van der Waals surface area contributed by atoms with Crippen molar-refractivity contribution in [2.75, 3.05) is 18.6 Å². The minimum atomic E-state index is -0.271. The van der Waals surface area contributed by atoms with E-state index in [0.717, 1.165) is 6.42 Å². The molecule has 0 radical (unpaired) electrons. The third-order valence-corrected chi connectivity index (χ3v) is 2.89. The van der Waals surface area contributed by atoms with Gasteiger partial charge in [-0.1, -0.05) is 25.1 Å². The summed E-state index contributed by atoms with van der Waals surface area (Å²) in [7, 11) is 1.75. The molecule has 0 aliphatic carbocycles. The third kappa shape index (κ3) is 4.26. The van der Waals surface area contributed by atoms with Gasteiger partial charge >= 0.3 is 6.01 Å². The molecule has 0 fully saturated rings. The van der Waals surface area contributed by atoms with E-state index in [1.54, 1.807) is 30.1 Å². The molecule has 0 saturated heterocycles. The Bertz CT molecular complexity index is 611. The van der Waals surface area contributed by atoms with E-state index in [1.807, 2.05) is 6.92 Å². The molecular weight excluding hydrogens is 295 g/mol. The highest BCUT2D eigenvalue weighted by molar-refractivity contribution is 6.28. The number of rotatable bonds is 6. The molecule has 2 rings (SSSR count). The summed E-state index contributed by atoms with van der Waals surface area (Å²) < 4.78 is 19.0. The molecule has 0 bridgehead atoms. The lowest BCUT2D eigenvalue weighted by Crippen LogP contribution is -2.20. The Morgan fingerprint density at radius 1 is 1.24 bits per heavy atom. The van der Waals surface area contributed by atoms with Crippen molar-refractivity contribution < 1.29 is 9.13 Å². The van der Waals surface area contributed by atoms with Gasteiger partial charge in [0.2, 0.25) is 11.2 Å². The fourth-order valence-corrected chi connectivity index (χ4v) is 1.85. The van der Waals surface area contributed by atoms with Crippen molar-refractivity contribution in [3.05, 3.63) is 40.9 Å². The molecule has 0 atom stereocenters. The monoisotopic (exact) mass is 310 g/mol. The standard InChI is InChI=1S/C14H16ClFN4O/c1-3-8-21-14-18-12(15)17-13(19-14)20(2)9-10-6-4-5-7-11(10)16/h4-7H,3,8-9H2,1-2H3. The molecular formula is C14H16ClFN4O. The molecule has 1 aromatic heterocycles. The molecule has 7 heteroatoms. The van der Waals surface area contributed by atoms with Crippen LogP contribution in [0.15, 0.2) is 24.3 Å². The molecule has 0 unspecified atom stereocenters. The molecule has 5 nitrogen and oxygen atoms in total. The molecule has 1 heterocycles. The van der Waals surface area contributed by atoms with Crippen LogP contribution < -0.4 is 9.64 Å². The van der Waals surface area contributed by atoms with Crippen molar-refractivity contribution in [2.24, 2.45) is 0 Å². The first-order valence-corrected chi connectivity index (χ1v) is 6.97. The van der Waals surface area contributed by atoms with E-state index >= 15 is 0 Å². The first-order valence-electron chi connectivity index (χ1n) is 6.59. The molecule has 0 amide bonds. The van der Waals surface area contributed by atoms with Gasteiger partial charge in [-0.15, -0.1) is 0 Å². The van der Waals surface area contributed by atoms with Crippen LogP contribution >= 0.6 is 11.6 Å².